The summed E-state index contributed by atoms with van der Waals surface area (Å²) in [5.74, 6) is 1.22. The number of pyridine rings is 1. The summed E-state index contributed by atoms with van der Waals surface area (Å²) in [5.41, 5.74) is 9.78. The summed E-state index contributed by atoms with van der Waals surface area (Å²) in [7, 11) is 0. The highest BCUT2D eigenvalue weighted by atomic mass is 16.3. The lowest BCUT2D eigenvalue weighted by Gasteiger charge is -2.23. The minimum absolute atomic E-state index is 0.0659. The predicted octanol–water partition coefficient (Wildman–Crippen LogP) is 12.5. The van der Waals surface area contributed by atoms with Gasteiger partial charge >= 0.3 is 0 Å². The molecule has 0 radical (unpaired) electrons. The Balaban J connectivity index is 1.35. The van der Waals surface area contributed by atoms with Gasteiger partial charge in [-0.3, -0.25) is 4.57 Å². The van der Waals surface area contributed by atoms with E-state index in [0.717, 1.165) is 72.1 Å². The van der Waals surface area contributed by atoms with Crippen LogP contribution in [-0.2, 0) is 5.41 Å². The maximum atomic E-state index is 8.09. The molecule has 4 nitrogen and oxygen atoms in total. The Morgan fingerprint density at radius 1 is 0.735 bits per heavy atom. The topological polar surface area (TPSA) is 43.9 Å². The van der Waals surface area contributed by atoms with E-state index >= 15 is 0 Å². The smallest absolute Gasteiger partial charge is 0.227 e. The molecule has 0 N–H and O–H groups in total. The molecule has 3 aromatic heterocycles. The average Bonchev–Trinajstić information content (AvgIpc) is 3.73. The molecule has 1 saturated carbocycles. The van der Waals surface area contributed by atoms with Crippen LogP contribution in [0.15, 0.2) is 114 Å². The minimum Gasteiger partial charge on any atom is -0.437 e. The number of fused-ring (bicyclic) bond motifs is 6. The van der Waals surface area contributed by atoms with Crippen molar-refractivity contribution in [1.29, 1.82) is 0 Å². The number of hydrogen-bond acceptors (Lipinski definition) is 3. The summed E-state index contributed by atoms with van der Waals surface area (Å²) in [6, 6.07) is 37.3. The average molecular weight is 643 g/mol. The normalized spacial score (nSPS) is 15.6. The third-order valence-electron chi connectivity index (χ3n) is 10.5. The maximum absolute atomic E-state index is 8.09. The Morgan fingerprint density at radius 2 is 1.57 bits per heavy atom. The number of hydrogen-bond donors (Lipinski definition) is 0. The van der Waals surface area contributed by atoms with Crippen LogP contribution in [0.5, 0.6) is 0 Å². The van der Waals surface area contributed by atoms with Gasteiger partial charge in [0.15, 0.2) is 0 Å². The van der Waals surface area contributed by atoms with Gasteiger partial charge in [-0.2, -0.15) is 0 Å². The van der Waals surface area contributed by atoms with Crippen molar-refractivity contribution < 1.29 is 8.53 Å². The molecule has 0 saturated heterocycles. The highest BCUT2D eigenvalue weighted by Gasteiger charge is 2.25. The number of aryl methyl sites for hydroxylation is 1. The first-order valence-electron chi connectivity index (χ1n) is 19.0. The van der Waals surface area contributed by atoms with Gasteiger partial charge in [-0.15, -0.1) is 0 Å². The van der Waals surface area contributed by atoms with Crippen molar-refractivity contribution in [2.45, 2.75) is 71.1 Å². The molecule has 242 valence electrons. The fraction of sp³-hybridized carbons (Fsp3) is 0.244. The van der Waals surface area contributed by atoms with Crippen LogP contribution in [-0.4, -0.2) is 14.5 Å². The van der Waals surface area contributed by atoms with Gasteiger partial charge in [-0.25, -0.2) is 9.97 Å². The number of furan rings is 1. The van der Waals surface area contributed by atoms with Crippen LogP contribution in [0, 0.1) is 6.85 Å². The number of rotatable bonds is 4. The molecule has 0 bridgehead atoms. The van der Waals surface area contributed by atoms with Gasteiger partial charge in [-0.05, 0) is 78.0 Å². The zero-order chi connectivity index (χ0) is 35.8. The van der Waals surface area contributed by atoms with Crippen molar-refractivity contribution in [3.8, 4) is 28.2 Å². The lowest BCUT2D eigenvalue weighted by atomic mass is 9.85. The van der Waals surface area contributed by atoms with Crippen molar-refractivity contribution in [2.24, 2.45) is 0 Å². The van der Waals surface area contributed by atoms with Gasteiger partial charge in [0, 0.05) is 37.4 Å². The largest absolute Gasteiger partial charge is 0.437 e. The van der Waals surface area contributed by atoms with Crippen LogP contribution in [0.3, 0.4) is 0 Å². The van der Waals surface area contributed by atoms with Crippen molar-refractivity contribution in [3.05, 3.63) is 126 Å². The number of aromatic nitrogens is 3. The fourth-order valence-electron chi connectivity index (χ4n) is 7.85. The van der Waals surface area contributed by atoms with E-state index in [4.69, 9.17) is 18.5 Å². The summed E-state index contributed by atoms with van der Waals surface area (Å²) >= 11 is 0. The van der Waals surface area contributed by atoms with E-state index in [9.17, 15) is 0 Å². The molecule has 3 heterocycles. The summed E-state index contributed by atoms with van der Waals surface area (Å²) in [6.07, 6.45) is 6.15. The lowest BCUT2D eigenvalue weighted by Crippen LogP contribution is -2.12. The summed E-state index contributed by atoms with van der Waals surface area (Å²) in [4.78, 5) is 10.5. The zero-order valence-corrected chi connectivity index (χ0v) is 28.3. The van der Waals surface area contributed by atoms with E-state index in [1.54, 1.807) is 12.1 Å². The summed E-state index contributed by atoms with van der Waals surface area (Å²) in [5, 5.41) is 3.79. The van der Waals surface area contributed by atoms with Crippen LogP contribution in [0.25, 0.3) is 72.1 Å². The lowest BCUT2D eigenvalue weighted by molar-refractivity contribution is 0.436. The molecule has 0 amide bonds. The molecule has 0 spiro atoms. The second-order valence-electron chi connectivity index (χ2n) is 14.7. The fourth-order valence-corrected chi connectivity index (χ4v) is 7.85. The SMILES string of the molecule is [2H]C([2H])([2H])c1ccc2c(ccc3nc(-c4cccc5c4oc4nc(C6CCCCC6)ccc45)n(-c4ccc(C(C)(C)C)cc4-c4ccccc4)c32)c1. The van der Waals surface area contributed by atoms with Crippen molar-refractivity contribution >= 4 is 43.9 Å². The molecule has 1 aliphatic rings. The Morgan fingerprint density at radius 3 is 2.39 bits per heavy atom. The molecule has 4 heteroatoms. The second-order valence-corrected chi connectivity index (χ2v) is 14.7. The highest BCUT2D eigenvalue weighted by Crippen LogP contribution is 2.42. The van der Waals surface area contributed by atoms with Crippen LogP contribution in [0.1, 0.15) is 79.7 Å². The molecule has 1 aliphatic carbocycles. The number of para-hydroxylation sites is 1. The number of benzene rings is 5. The van der Waals surface area contributed by atoms with E-state index in [1.165, 1.54) is 37.7 Å². The molecule has 9 rings (SSSR count). The van der Waals surface area contributed by atoms with E-state index in [-0.39, 0.29) is 5.41 Å². The maximum Gasteiger partial charge on any atom is 0.227 e. The highest BCUT2D eigenvalue weighted by molar-refractivity contribution is 6.11. The Bertz CT molecular complexity index is 2640. The van der Waals surface area contributed by atoms with Gasteiger partial charge in [0.2, 0.25) is 5.71 Å². The molecule has 1 fully saturated rings. The Hall–Kier alpha value is -5.22. The Labute approximate surface area is 291 Å². The monoisotopic (exact) mass is 642 g/mol. The molecule has 0 aliphatic heterocycles. The Kier molecular flexibility index (Phi) is 6.24. The molecule has 0 unspecified atom stereocenters. The van der Waals surface area contributed by atoms with Crippen LogP contribution >= 0.6 is 0 Å². The quantitative estimate of drug-likeness (QED) is 0.192. The molecule has 0 atom stereocenters. The van der Waals surface area contributed by atoms with Gasteiger partial charge in [-0.1, -0.05) is 118 Å². The van der Waals surface area contributed by atoms with Crippen molar-refractivity contribution in [1.82, 2.24) is 14.5 Å². The summed E-state index contributed by atoms with van der Waals surface area (Å²) < 4.78 is 33.3. The van der Waals surface area contributed by atoms with E-state index in [0.29, 0.717) is 17.2 Å². The van der Waals surface area contributed by atoms with E-state index < -0.39 is 6.85 Å². The third kappa shape index (κ3) is 5.04. The van der Waals surface area contributed by atoms with Gasteiger partial charge in [0.05, 0.1) is 22.3 Å². The minimum atomic E-state index is -2.21. The first-order chi connectivity index (χ1) is 25.0. The standard InChI is InChI=1S/C45H41N3O/c1-28-18-21-33-31(26-28)19-23-39-41(33)48(40-25-20-32(45(2,3)4)27-37(40)29-12-7-5-8-13-29)43(46-39)36-17-11-16-34-35-22-24-38(30-14-9-6-10-15-30)47-44(35)49-42(34)36/h5,7-8,11-13,16-27,30H,6,9-10,14-15H2,1-4H3/i1D3. The van der Waals surface area contributed by atoms with Crippen molar-refractivity contribution in [3.63, 3.8) is 0 Å². The molecular formula is C45H41N3O. The number of nitrogens with zero attached hydrogens (tertiary/aromatic N) is 3. The predicted molar refractivity (Wildman–Crippen MR) is 204 cm³/mol. The van der Waals surface area contributed by atoms with Gasteiger partial charge < -0.3 is 4.42 Å². The van der Waals surface area contributed by atoms with Gasteiger partial charge in [0.1, 0.15) is 11.4 Å². The first-order valence-corrected chi connectivity index (χ1v) is 17.5. The molecule has 49 heavy (non-hydrogen) atoms. The first kappa shape index (κ1) is 26.7. The van der Waals surface area contributed by atoms with Crippen LogP contribution in [0.4, 0.5) is 0 Å². The zero-order valence-electron chi connectivity index (χ0n) is 31.3. The second kappa shape index (κ2) is 11.4. The van der Waals surface area contributed by atoms with Crippen LogP contribution < -0.4 is 0 Å². The molecular weight excluding hydrogens is 599 g/mol. The van der Waals surface area contributed by atoms with Crippen LogP contribution in [0.2, 0.25) is 0 Å². The van der Waals surface area contributed by atoms with E-state index in [1.807, 2.05) is 24.3 Å². The third-order valence-corrected chi connectivity index (χ3v) is 10.5. The summed E-state index contributed by atoms with van der Waals surface area (Å²) in [6.45, 7) is 4.50. The van der Waals surface area contributed by atoms with E-state index in [2.05, 4.69) is 98.1 Å². The van der Waals surface area contributed by atoms with Gasteiger partial charge in [0.25, 0.3) is 0 Å². The van der Waals surface area contributed by atoms with Crippen molar-refractivity contribution in [2.75, 3.05) is 0 Å². The molecule has 8 aromatic rings. The number of imidazole rings is 1. The molecule has 5 aromatic carbocycles.